The van der Waals surface area contributed by atoms with Gasteiger partial charge in [-0.1, -0.05) is 18.2 Å². The van der Waals surface area contributed by atoms with Crippen LogP contribution in [-0.4, -0.2) is 17.5 Å². The number of fused-ring (bicyclic) bond motifs is 1. The SMILES string of the molecule is N#CCOc1ccc(NC(=O)c2cccc3cccnc23)cc1. The largest absolute Gasteiger partial charge is 0.479 e. The topological polar surface area (TPSA) is 75.0 Å². The van der Waals surface area contributed by atoms with E-state index in [4.69, 9.17) is 10.00 Å². The number of nitriles is 1. The van der Waals surface area contributed by atoms with E-state index in [0.717, 1.165) is 5.39 Å². The van der Waals surface area contributed by atoms with Crippen molar-refractivity contribution in [2.75, 3.05) is 11.9 Å². The lowest BCUT2D eigenvalue weighted by Crippen LogP contribution is -2.12. The minimum Gasteiger partial charge on any atom is -0.479 e. The Morgan fingerprint density at radius 2 is 1.91 bits per heavy atom. The van der Waals surface area contributed by atoms with Crippen molar-refractivity contribution in [3.63, 3.8) is 0 Å². The molecule has 0 atom stereocenters. The van der Waals surface area contributed by atoms with Gasteiger partial charge in [-0.05, 0) is 36.4 Å². The van der Waals surface area contributed by atoms with Crippen molar-refractivity contribution >= 4 is 22.5 Å². The van der Waals surface area contributed by atoms with Gasteiger partial charge in [0.25, 0.3) is 5.91 Å². The molecule has 2 aromatic carbocycles. The van der Waals surface area contributed by atoms with Crippen LogP contribution in [0.3, 0.4) is 0 Å². The van der Waals surface area contributed by atoms with Gasteiger partial charge in [-0.15, -0.1) is 0 Å². The number of carbonyl (C=O) groups is 1. The molecule has 0 radical (unpaired) electrons. The van der Waals surface area contributed by atoms with Crippen molar-refractivity contribution in [1.29, 1.82) is 5.26 Å². The molecule has 1 amide bonds. The van der Waals surface area contributed by atoms with Crippen LogP contribution >= 0.6 is 0 Å². The van der Waals surface area contributed by atoms with E-state index in [1.54, 1.807) is 36.5 Å². The molecule has 0 aliphatic rings. The fourth-order valence-corrected chi connectivity index (χ4v) is 2.24. The highest BCUT2D eigenvalue weighted by molar-refractivity contribution is 6.11. The van der Waals surface area contributed by atoms with Crippen LogP contribution in [0.4, 0.5) is 5.69 Å². The summed E-state index contributed by atoms with van der Waals surface area (Å²) in [5, 5.41) is 12.2. The molecule has 0 aliphatic carbocycles. The van der Waals surface area contributed by atoms with Crippen LogP contribution in [0, 0.1) is 11.3 Å². The third-order valence-electron chi connectivity index (χ3n) is 3.29. The summed E-state index contributed by atoms with van der Waals surface area (Å²) >= 11 is 0. The minimum absolute atomic E-state index is 0.00657. The highest BCUT2D eigenvalue weighted by atomic mass is 16.5. The number of hydrogen-bond donors (Lipinski definition) is 1. The number of amides is 1. The molecule has 0 spiro atoms. The third-order valence-corrected chi connectivity index (χ3v) is 3.29. The first kappa shape index (κ1) is 14.5. The number of ether oxygens (including phenoxy) is 1. The Kier molecular flexibility index (Phi) is 4.16. The number of para-hydroxylation sites is 1. The van der Waals surface area contributed by atoms with Crippen LogP contribution in [0.25, 0.3) is 10.9 Å². The zero-order valence-corrected chi connectivity index (χ0v) is 12.2. The van der Waals surface area contributed by atoms with E-state index in [0.29, 0.717) is 22.5 Å². The lowest BCUT2D eigenvalue weighted by atomic mass is 10.1. The number of nitrogens with zero attached hydrogens (tertiary/aromatic N) is 2. The third kappa shape index (κ3) is 3.27. The molecule has 0 fully saturated rings. The van der Waals surface area contributed by atoms with E-state index in [1.165, 1.54) is 0 Å². The summed E-state index contributed by atoms with van der Waals surface area (Å²) < 4.78 is 5.17. The zero-order chi connectivity index (χ0) is 16.1. The Morgan fingerprint density at radius 1 is 1.13 bits per heavy atom. The van der Waals surface area contributed by atoms with Crippen LogP contribution < -0.4 is 10.1 Å². The molecule has 0 bridgehead atoms. The molecule has 5 nitrogen and oxygen atoms in total. The lowest BCUT2D eigenvalue weighted by molar-refractivity contribution is 0.102. The summed E-state index contributed by atoms with van der Waals surface area (Å²) in [4.78, 5) is 16.7. The van der Waals surface area contributed by atoms with Gasteiger partial charge in [0.2, 0.25) is 0 Å². The number of pyridine rings is 1. The van der Waals surface area contributed by atoms with E-state index in [2.05, 4.69) is 10.3 Å². The summed E-state index contributed by atoms with van der Waals surface area (Å²) in [7, 11) is 0. The Labute approximate surface area is 133 Å². The molecule has 5 heteroatoms. The predicted molar refractivity (Wildman–Crippen MR) is 87.2 cm³/mol. The first-order chi connectivity index (χ1) is 11.3. The number of aromatic nitrogens is 1. The normalized spacial score (nSPS) is 10.0. The summed E-state index contributed by atoms with van der Waals surface area (Å²) in [5.74, 6) is 0.358. The number of rotatable bonds is 4. The van der Waals surface area contributed by atoms with Crippen molar-refractivity contribution in [3.05, 3.63) is 66.4 Å². The maximum atomic E-state index is 12.5. The fourth-order valence-electron chi connectivity index (χ4n) is 2.24. The van der Waals surface area contributed by atoms with Crippen molar-refractivity contribution in [1.82, 2.24) is 4.98 Å². The molecule has 0 saturated heterocycles. The maximum absolute atomic E-state index is 12.5. The van der Waals surface area contributed by atoms with Gasteiger partial charge in [0, 0.05) is 17.3 Å². The van der Waals surface area contributed by atoms with Gasteiger partial charge < -0.3 is 10.1 Å². The van der Waals surface area contributed by atoms with E-state index >= 15 is 0 Å². The van der Waals surface area contributed by atoms with Crippen LogP contribution in [0.15, 0.2) is 60.8 Å². The first-order valence-electron chi connectivity index (χ1n) is 7.03. The fraction of sp³-hybridized carbons (Fsp3) is 0.0556. The van der Waals surface area contributed by atoms with Crippen molar-refractivity contribution in [2.45, 2.75) is 0 Å². The van der Waals surface area contributed by atoms with Crippen molar-refractivity contribution < 1.29 is 9.53 Å². The Hall–Kier alpha value is -3.39. The highest BCUT2D eigenvalue weighted by Crippen LogP contribution is 2.19. The summed E-state index contributed by atoms with van der Waals surface area (Å²) in [6.07, 6.45) is 1.67. The van der Waals surface area contributed by atoms with E-state index < -0.39 is 0 Å². The molecule has 23 heavy (non-hydrogen) atoms. The second-order valence-electron chi connectivity index (χ2n) is 4.81. The van der Waals surface area contributed by atoms with Gasteiger partial charge >= 0.3 is 0 Å². The smallest absolute Gasteiger partial charge is 0.257 e. The molecule has 112 valence electrons. The van der Waals surface area contributed by atoms with E-state index in [9.17, 15) is 4.79 Å². The average Bonchev–Trinajstić information content (AvgIpc) is 2.60. The van der Waals surface area contributed by atoms with Gasteiger partial charge in [-0.25, -0.2) is 0 Å². The monoisotopic (exact) mass is 303 g/mol. The molecular weight excluding hydrogens is 290 g/mol. The van der Waals surface area contributed by atoms with Crippen molar-refractivity contribution in [2.24, 2.45) is 0 Å². The van der Waals surface area contributed by atoms with Crippen LogP contribution in [0.5, 0.6) is 5.75 Å². The molecule has 1 N–H and O–H groups in total. The molecule has 0 unspecified atom stereocenters. The Morgan fingerprint density at radius 3 is 2.70 bits per heavy atom. The second-order valence-corrected chi connectivity index (χ2v) is 4.81. The van der Waals surface area contributed by atoms with E-state index in [1.807, 2.05) is 30.3 Å². The highest BCUT2D eigenvalue weighted by Gasteiger charge is 2.11. The predicted octanol–water partition coefficient (Wildman–Crippen LogP) is 3.39. The Balaban J connectivity index is 1.80. The number of nitrogens with one attached hydrogen (secondary N) is 1. The maximum Gasteiger partial charge on any atom is 0.257 e. The lowest BCUT2D eigenvalue weighted by Gasteiger charge is -2.08. The van der Waals surface area contributed by atoms with Gasteiger partial charge in [0.05, 0.1) is 11.1 Å². The molecule has 1 aromatic heterocycles. The molecular formula is C18H13N3O2. The first-order valence-corrected chi connectivity index (χ1v) is 7.03. The van der Waals surface area contributed by atoms with Gasteiger partial charge in [-0.3, -0.25) is 9.78 Å². The van der Waals surface area contributed by atoms with Crippen LogP contribution in [0.1, 0.15) is 10.4 Å². The quantitative estimate of drug-likeness (QED) is 0.801. The van der Waals surface area contributed by atoms with Crippen LogP contribution in [-0.2, 0) is 0 Å². The van der Waals surface area contributed by atoms with E-state index in [-0.39, 0.29) is 12.5 Å². The molecule has 0 saturated carbocycles. The zero-order valence-electron chi connectivity index (χ0n) is 12.2. The summed E-state index contributed by atoms with van der Waals surface area (Å²) in [6, 6.07) is 18.0. The van der Waals surface area contributed by atoms with Gasteiger partial charge in [-0.2, -0.15) is 5.26 Å². The number of carbonyl (C=O) groups excluding carboxylic acids is 1. The van der Waals surface area contributed by atoms with Gasteiger partial charge in [0.1, 0.15) is 11.8 Å². The van der Waals surface area contributed by atoms with Crippen LogP contribution in [0.2, 0.25) is 0 Å². The number of anilines is 1. The molecule has 0 aliphatic heterocycles. The molecule has 3 rings (SSSR count). The standard InChI is InChI=1S/C18H13N3O2/c19-10-12-23-15-8-6-14(7-9-15)21-18(22)16-5-1-3-13-4-2-11-20-17(13)16/h1-9,11H,12H2,(H,21,22). The average molecular weight is 303 g/mol. The number of benzene rings is 2. The summed E-state index contributed by atoms with van der Waals surface area (Å²) in [6.45, 7) is -0.00657. The number of hydrogen-bond acceptors (Lipinski definition) is 4. The summed E-state index contributed by atoms with van der Waals surface area (Å²) in [5.41, 5.74) is 1.83. The van der Waals surface area contributed by atoms with Crippen molar-refractivity contribution in [3.8, 4) is 11.8 Å². The van der Waals surface area contributed by atoms with Gasteiger partial charge in [0.15, 0.2) is 6.61 Å². The molecule has 3 aromatic rings. The second kappa shape index (κ2) is 6.58. The minimum atomic E-state index is -0.222. The molecule has 1 heterocycles. The Bertz CT molecular complexity index is 877.